The first-order valence-corrected chi connectivity index (χ1v) is 4.75. The zero-order valence-corrected chi connectivity index (χ0v) is 7.66. The van der Waals surface area contributed by atoms with E-state index < -0.39 is 5.41 Å². The van der Waals surface area contributed by atoms with Crippen molar-refractivity contribution in [1.82, 2.24) is 4.98 Å². The summed E-state index contributed by atoms with van der Waals surface area (Å²) in [5.41, 5.74) is 7.07. The van der Waals surface area contributed by atoms with Crippen LogP contribution in [0.25, 0.3) is 0 Å². The molecule has 72 valence electrons. The number of hydrogen-bond donors (Lipinski definition) is 2. The van der Waals surface area contributed by atoms with E-state index in [1.165, 1.54) is 0 Å². The van der Waals surface area contributed by atoms with Crippen molar-refractivity contribution in [2.45, 2.75) is 24.3 Å². The van der Waals surface area contributed by atoms with Gasteiger partial charge in [-0.3, -0.25) is 9.78 Å². The third-order valence-corrected chi connectivity index (χ3v) is 3.17. The number of fused-ring (bicyclic) bond motifs is 2. The molecule has 0 bridgehead atoms. The molecular formula is C10H11N3O. The molecule has 1 aromatic heterocycles. The Morgan fingerprint density at radius 3 is 3.07 bits per heavy atom. The molecule has 1 fully saturated rings. The van der Waals surface area contributed by atoms with Gasteiger partial charge >= 0.3 is 0 Å². The van der Waals surface area contributed by atoms with E-state index >= 15 is 0 Å². The fraction of sp³-hybridized carbons (Fsp3) is 0.400. The number of nitrogens with zero attached hydrogens (tertiary/aromatic N) is 1. The number of nitrogens with two attached hydrogens (primary N) is 1. The molecule has 2 aliphatic rings. The van der Waals surface area contributed by atoms with E-state index in [9.17, 15) is 4.79 Å². The van der Waals surface area contributed by atoms with Crippen LogP contribution < -0.4 is 11.1 Å². The van der Waals surface area contributed by atoms with Crippen LogP contribution in [-0.4, -0.2) is 16.9 Å². The predicted molar refractivity (Wildman–Crippen MR) is 51.8 cm³/mol. The minimum atomic E-state index is -0.407. The van der Waals surface area contributed by atoms with E-state index in [2.05, 4.69) is 10.3 Å². The lowest BCUT2D eigenvalue weighted by Gasteiger charge is -2.40. The van der Waals surface area contributed by atoms with Crippen molar-refractivity contribution in [3.05, 3.63) is 24.0 Å². The molecule has 3 rings (SSSR count). The highest BCUT2D eigenvalue weighted by Crippen LogP contribution is 2.49. The van der Waals surface area contributed by atoms with Gasteiger partial charge < -0.3 is 11.1 Å². The topological polar surface area (TPSA) is 68.0 Å². The molecule has 0 radical (unpaired) electrons. The summed E-state index contributed by atoms with van der Waals surface area (Å²) in [6.07, 6.45) is 3.18. The van der Waals surface area contributed by atoms with Gasteiger partial charge in [0.15, 0.2) is 0 Å². The van der Waals surface area contributed by atoms with Crippen LogP contribution in [0.4, 0.5) is 5.69 Å². The second kappa shape index (κ2) is 2.33. The summed E-state index contributed by atoms with van der Waals surface area (Å²) in [5, 5.41) is 2.85. The Bertz CT molecular complexity index is 410. The first-order chi connectivity index (χ1) is 6.72. The Morgan fingerprint density at radius 2 is 2.36 bits per heavy atom. The molecule has 4 heteroatoms. The lowest BCUT2D eigenvalue weighted by atomic mass is 9.64. The number of anilines is 1. The summed E-state index contributed by atoms with van der Waals surface area (Å²) in [6.45, 7) is 0. The summed E-state index contributed by atoms with van der Waals surface area (Å²) in [5.74, 6) is 0.0629. The van der Waals surface area contributed by atoms with Crippen molar-refractivity contribution in [3.8, 4) is 0 Å². The van der Waals surface area contributed by atoms with Gasteiger partial charge in [-0.1, -0.05) is 0 Å². The highest BCUT2D eigenvalue weighted by molar-refractivity contribution is 6.06. The molecule has 1 saturated carbocycles. The minimum absolute atomic E-state index is 0.0629. The second-order valence-electron chi connectivity index (χ2n) is 4.10. The van der Waals surface area contributed by atoms with Crippen molar-refractivity contribution < 1.29 is 4.79 Å². The van der Waals surface area contributed by atoms with Gasteiger partial charge in [0, 0.05) is 12.2 Å². The molecule has 2 heterocycles. The number of carbonyl (C=O) groups excluding carboxylic acids is 1. The number of nitrogens with one attached hydrogen (secondary N) is 1. The molecule has 1 spiro atoms. The fourth-order valence-corrected chi connectivity index (χ4v) is 2.45. The Balaban J connectivity index is 2.12. The molecular weight excluding hydrogens is 178 g/mol. The van der Waals surface area contributed by atoms with E-state index in [0.29, 0.717) is 0 Å². The average Bonchev–Trinajstić information content (AvgIpc) is 2.40. The zero-order chi connectivity index (χ0) is 9.76. The normalized spacial score (nSPS) is 33.8. The van der Waals surface area contributed by atoms with Crippen LogP contribution in [0.1, 0.15) is 18.5 Å². The summed E-state index contributed by atoms with van der Waals surface area (Å²) in [7, 11) is 0. The molecule has 4 nitrogen and oxygen atoms in total. The SMILES string of the molecule is NC1CC2(C1)C(=O)Nc1cccnc12. The van der Waals surface area contributed by atoms with Crippen molar-refractivity contribution in [3.63, 3.8) is 0 Å². The molecule has 3 N–H and O–H groups in total. The van der Waals surface area contributed by atoms with E-state index in [4.69, 9.17) is 5.73 Å². The third kappa shape index (κ3) is 0.767. The van der Waals surface area contributed by atoms with Crippen molar-refractivity contribution in [2.75, 3.05) is 5.32 Å². The summed E-state index contributed by atoms with van der Waals surface area (Å²) in [6, 6.07) is 3.86. The fourth-order valence-electron chi connectivity index (χ4n) is 2.45. The van der Waals surface area contributed by atoms with E-state index in [1.807, 2.05) is 12.1 Å². The van der Waals surface area contributed by atoms with Gasteiger partial charge in [-0.15, -0.1) is 0 Å². The van der Waals surface area contributed by atoms with E-state index in [0.717, 1.165) is 24.2 Å². The number of pyridine rings is 1. The molecule has 1 aliphatic heterocycles. The third-order valence-electron chi connectivity index (χ3n) is 3.17. The van der Waals surface area contributed by atoms with Crippen molar-refractivity contribution >= 4 is 11.6 Å². The van der Waals surface area contributed by atoms with E-state index in [1.54, 1.807) is 6.20 Å². The molecule has 1 amide bonds. The van der Waals surface area contributed by atoms with Gasteiger partial charge in [0.2, 0.25) is 5.91 Å². The number of aromatic nitrogens is 1. The smallest absolute Gasteiger partial charge is 0.236 e. The Kier molecular flexibility index (Phi) is 1.32. The van der Waals surface area contributed by atoms with Crippen molar-refractivity contribution in [2.24, 2.45) is 5.73 Å². The van der Waals surface area contributed by atoms with Gasteiger partial charge in [-0.05, 0) is 25.0 Å². The van der Waals surface area contributed by atoms with Gasteiger partial charge in [0.25, 0.3) is 0 Å². The Labute approximate surface area is 81.5 Å². The second-order valence-corrected chi connectivity index (χ2v) is 4.10. The quantitative estimate of drug-likeness (QED) is 0.620. The van der Waals surface area contributed by atoms with Crippen LogP contribution in [-0.2, 0) is 10.2 Å². The van der Waals surface area contributed by atoms with E-state index in [-0.39, 0.29) is 11.9 Å². The lowest BCUT2D eigenvalue weighted by Crippen LogP contribution is -2.53. The monoisotopic (exact) mass is 189 g/mol. The molecule has 1 aliphatic carbocycles. The Hall–Kier alpha value is -1.42. The molecule has 1 aromatic rings. The summed E-state index contributed by atoms with van der Waals surface area (Å²) >= 11 is 0. The van der Waals surface area contributed by atoms with Gasteiger partial charge in [-0.2, -0.15) is 0 Å². The van der Waals surface area contributed by atoms with Crippen LogP contribution in [0.5, 0.6) is 0 Å². The molecule has 0 atom stereocenters. The first kappa shape index (κ1) is 7.94. The molecule has 0 unspecified atom stereocenters. The zero-order valence-electron chi connectivity index (χ0n) is 7.66. The van der Waals surface area contributed by atoms with Crippen LogP contribution in [0.15, 0.2) is 18.3 Å². The van der Waals surface area contributed by atoms with Gasteiger partial charge in [-0.25, -0.2) is 0 Å². The number of amides is 1. The highest BCUT2D eigenvalue weighted by Gasteiger charge is 2.55. The standard InChI is InChI=1S/C10H11N3O/c11-6-4-10(5-6)8-7(13-9(10)14)2-1-3-12-8/h1-3,6H,4-5,11H2,(H,13,14). The maximum atomic E-state index is 11.8. The summed E-state index contributed by atoms with van der Waals surface area (Å²) < 4.78 is 0. The minimum Gasteiger partial charge on any atom is -0.328 e. The molecule has 0 saturated heterocycles. The average molecular weight is 189 g/mol. The number of carbonyl (C=O) groups is 1. The van der Waals surface area contributed by atoms with Gasteiger partial charge in [0.1, 0.15) is 0 Å². The first-order valence-electron chi connectivity index (χ1n) is 4.75. The van der Waals surface area contributed by atoms with Crippen molar-refractivity contribution in [1.29, 1.82) is 0 Å². The van der Waals surface area contributed by atoms with Crippen LogP contribution in [0.3, 0.4) is 0 Å². The number of hydrogen-bond acceptors (Lipinski definition) is 3. The summed E-state index contributed by atoms with van der Waals surface area (Å²) in [4.78, 5) is 16.1. The Morgan fingerprint density at radius 1 is 1.57 bits per heavy atom. The maximum absolute atomic E-state index is 11.8. The molecule has 14 heavy (non-hydrogen) atoms. The number of rotatable bonds is 0. The van der Waals surface area contributed by atoms with Crippen LogP contribution >= 0.6 is 0 Å². The van der Waals surface area contributed by atoms with Crippen LogP contribution in [0, 0.1) is 0 Å². The predicted octanol–water partition coefficient (Wildman–Crippen LogP) is 0.393. The molecule has 0 aromatic carbocycles. The highest BCUT2D eigenvalue weighted by atomic mass is 16.2. The lowest BCUT2D eigenvalue weighted by molar-refractivity contribution is -0.124. The van der Waals surface area contributed by atoms with Crippen LogP contribution in [0.2, 0.25) is 0 Å². The largest absolute Gasteiger partial charge is 0.328 e. The maximum Gasteiger partial charge on any atom is 0.236 e. The van der Waals surface area contributed by atoms with Gasteiger partial charge in [0.05, 0.1) is 16.8 Å².